The van der Waals surface area contributed by atoms with E-state index in [0.717, 1.165) is 10.2 Å². The van der Waals surface area contributed by atoms with Gasteiger partial charge in [-0.1, -0.05) is 57.9 Å². The number of carbonyl (C=O) groups excluding carboxylic acids is 1. The molecule has 0 unspecified atom stereocenters. The zero-order chi connectivity index (χ0) is 23.4. The fourth-order valence-corrected chi connectivity index (χ4v) is 5.77. The van der Waals surface area contributed by atoms with Crippen molar-refractivity contribution in [1.29, 1.82) is 0 Å². The van der Waals surface area contributed by atoms with Crippen LogP contribution in [-0.2, 0) is 14.8 Å². The second-order valence-electron chi connectivity index (χ2n) is 7.65. The fourth-order valence-electron chi connectivity index (χ4n) is 3.78. The Morgan fingerprint density at radius 1 is 0.909 bits per heavy atom. The minimum absolute atomic E-state index is 0.142. The van der Waals surface area contributed by atoms with Crippen LogP contribution in [0.15, 0.2) is 88.2 Å². The van der Waals surface area contributed by atoms with E-state index in [-0.39, 0.29) is 17.3 Å². The van der Waals surface area contributed by atoms with E-state index in [1.165, 1.54) is 16.4 Å². The maximum absolute atomic E-state index is 13.5. The van der Waals surface area contributed by atoms with E-state index < -0.39 is 10.0 Å². The molecule has 1 saturated heterocycles. The van der Waals surface area contributed by atoms with Crippen LogP contribution in [0.3, 0.4) is 0 Å². The van der Waals surface area contributed by atoms with Crippen molar-refractivity contribution in [3.05, 3.63) is 88.4 Å². The third-order valence-electron chi connectivity index (χ3n) is 5.51. The standard InChI is InChI=1S/C24H23BrClN3O3S/c25-19-6-4-9-22(16-19)29(33(31,32)23-10-2-1-3-11-23)18-24(30)28-14-12-27(13-15-28)21-8-5-7-20(26)17-21/h1-11,16-17H,12-15,18H2. The summed E-state index contributed by atoms with van der Waals surface area (Å²) in [6.07, 6.45) is 0. The smallest absolute Gasteiger partial charge is 0.264 e. The third-order valence-corrected chi connectivity index (χ3v) is 8.03. The van der Waals surface area contributed by atoms with Gasteiger partial charge in [-0.2, -0.15) is 0 Å². The number of rotatable bonds is 6. The second-order valence-corrected chi connectivity index (χ2v) is 10.9. The summed E-state index contributed by atoms with van der Waals surface area (Å²) in [6.45, 7) is 2.03. The normalized spacial score (nSPS) is 14.2. The van der Waals surface area contributed by atoms with Crippen molar-refractivity contribution < 1.29 is 13.2 Å². The molecule has 1 fully saturated rings. The molecule has 3 aromatic rings. The molecule has 0 bridgehead atoms. The summed E-state index contributed by atoms with van der Waals surface area (Å²) < 4.78 is 28.8. The molecule has 33 heavy (non-hydrogen) atoms. The van der Waals surface area contributed by atoms with Gasteiger partial charge in [0, 0.05) is 41.4 Å². The number of hydrogen-bond acceptors (Lipinski definition) is 4. The van der Waals surface area contributed by atoms with Crippen LogP contribution in [0.25, 0.3) is 0 Å². The van der Waals surface area contributed by atoms with Crippen LogP contribution in [0.4, 0.5) is 11.4 Å². The molecule has 0 atom stereocenters. The van der Waals surface area contributed by atoms with E-state index >= 15 is 0 Å². The Kier molecular flexibility index (Phi) is 7.26. The average Bonchev–Trinajstić information content (AvgIpc) is 2.83. The number of benzene rings is 3. The predicted molar refractivity (Wildman–Crippen MR) is 135 cm³/mol. The lowest BCUT2D eigenvalue weighted by molar-refractivity contribution is -0.129. The summed E-state index contributed by atoms with van der Waals surface area (Å²) in [5.41, 5.74) is 1.44. The van der Waals surface area contributed by atoms with Crippen LogP contribution in [0.1, 0.15) is 0 Å². The molecule has 1 aliphatic rings. The highest BCUT2D eigenvalue weighted by molar-refractivity contribution is 9.10. The highest BCUT2D eigenvalue weighted by atomic mass is 79.9. The minimum atomic E-state index is -3.92. The first-order valence-corrected chi connectivity index (χ1v) is 13.1. The molecule has 9 heteroatoms. The van der Waals surface area contributed by atoms with E-state index in [1.54, 1.807) is 41.3 Å². The summed E-state index contributed by atoms with van der Waals surface area (Å²) in [4.78, 5) is 17.2. The summed E-state index contributed by atoms with van der Waals surface area (Å²) in [7, 11) is -3.92. The van der Waals surface area contributed by atoms with Crippen molar-refractivity contribution in [1.82, 2.24) is 4.90 Å². The van der Waals surface area contributed by atoms with Crippen molar-refractivity contribution in [3.63, 3.8) is 0 Å². The largest absolute Gasteiger partial charge is 0.368 e. The molecule has 0 radical (unpaired) electrons. The predicted octanol–water partition coefficient (Wildman–Crippen LogP) is 4.65. The molecule has 0 N–H and O–H groups in total. The third kappa shape index (κ3) is 5.51. The number of amides is 1. The molecule has 172 valence electrons. The zero-order valence-corrected chi connectivity index (χ0v) is 20.9. The van der Waals surface area contributed by atoms with Gasteiger partial charge >= 0.3 is 0 Å². The van der Waals surface area contributed by atoms with E-state index in [4.69, 9.17) is 11.6 Å². The first-order valence-electron chi connectivity index (χ1n) is 10.5. The van der Waals surface area contributed by atoms with E-state index in [0.29, 0.717) is 36.9 Å². The number of hydrogen-bond donors (Lipinski definition) is 0. The SMILES string of the molecule is O=C(CN(c1cccc(Br)c1)S(=O)(=O)c1ccccc1)N1CCN(c2cccc(Cl)c2)CC1. The summed E-state index contributed by atoms with van der Waals surface area (Å²) in [6, 6.07) is 22.7. The Balaban J connectivity index is 1.53. The molecular formula is C24H23BrClN3O3S. The summed E-state index contributed by atoms with van der Waals surface area (Å²) in [5.74, 6) is -0.236. The molecule has 6 nitrogen and oxygen atoms in total. The Hall–Kier alpha value is -2.55. The maximum atomic E-state index is 13.5. The van der Waals surface area contributed by atoms with Gasteiger partial charge in [0.25, 0.3) is 10.0 Å². The van der Waals surface area contributed by atoms with Crippen LogP contribution >= 0.6 is 27.5 Å². The Morgan fingerprint density at radius 2 is 1.61 bits per heavy atom. The van der Waals surface area contributed by atoms with Gasteiger partial charge in [-0.15, -0.1) is 0 Å². The highest BCUT2D eigenvalue weighted by Crippen LogP contribution is 2.27. The topological polar surface area (TPSA) is 60.9 Å². The number of piperazine rings is 1. The van der Waals surface area contributed by atoms with E-state index in [1.807, 2.05) is 30.3 Å². The van der Waals surface area contributed by atoms with Gasteiger partial charge in [-0.05, 0) is 48.5 Å². The molecule has 1 amide bonds. The molecule has 1 heterocycles. The molecule has 0 spiro atoms. The van der Waals surface area contributed by atoms with Gasteiger partial charge in [0.2, 0.25) is 5.91 Å². The number of anilines is 2. The first kappa shape index (κ1) is 23.6. The van der Waals surface area contributed by atoms with Crippen molar-refractivity contribution in [2.75, 3.05) is 41.9 Å². The monoisotopic (exact) mass is 547 g/mol. The first-order chi connectivity index (χ1) is 15.8. The molecule has 0 saturated carbocycles. The Labute approximate surface area is 207 Å². The Bertz CT molecular complexity index is 1230. The van der Waals surface area contributed by atoms with Crippen LogP contribution < -0.4 is 9.21 Å². The second kappa shape index (κ2) is 10.2. The summed E-state index contributed by atoms with van der Waals surface area (Å²) in [5, 5.41) is 0.668. The molecule has 0 aliphatic carbocycles. The van der Waals surface area contributed by atoms with E-state index in [9.17, 15) is 13.2 Å². The zero-order valence-electron chi connectivity index (χ0n) is 17.8. The van der Waals surface area contributed by atoms with Crippen molar-refractivity contribution >= 4 is 54.8 Å². The van der Waals surface area contributed by atoms with Crippen molar-refractivity contribution in [2.24, 2.45) is 0 Å². The molecule has 0 aromatic heterocycles. The van der Waals surface area contributed by atoms with Crippen LogP contribution in [0, 0.1) is 0 Å². The fraction of sp³-hybridized carbons (Fsp3) is 0.208. The van der Waals surface area contributed by atoms with Gasteiger partial charge in [-0.25, -0.2) is 8.42 Å². The molecule has 3 aromatic carbocycles. The summed E-state index contributed by atoms with van der Waals surface area (Å²) >= 11 is 9.50. The number of nitrogens with zero attached hydrogens (tertiary/aromatic N) is 3. The van der Waals surface area contributed by atoms with Crippen LogP contribution in [0.5, 0.6) is 0 Å². The minimum Gasteiger partial charge on any atom is -0.368 e. The lowest BCUT2D eigenvalue weighted by Crippen LogP contribution is -2.52. The van der Waals surface area contributed by atoms with Crippen molar-refractivity contribution in [2.45, 2.75) is 4.90 Å². The van der Waals surface area contributed by atoms with E-state index in [2.05, 4.69) is 20.8 Å². The van der Waals surface area contributed by atoms with Crippen LogP contribution in [-0.4, -0.2) is 51.9 Å². The number of sulfonamides is 1. The lowest BCUT2D eigenvalue weighted by atomic mass is 10.2. The average molecular weight is 549 g/mol. The molecular weight excluding hydrogens is 526 g/mol. The maximum Gasteiger partial charge on any atom is 0.264 e. The quantitative estimate of drug-likeness (QED) is 0.450. The van der Waals surface area contributed by atoms with Gasteiger partial charge < -0.3 is 9.80 Å². The lowest BCUT2D eigenvalue weighted by Gasteiger charge is -2.37. The molecule has 1 aliphatic heterocycles. The number of halogens is 2. The highest BCUT2D eigenvalue weighted by Gasteiger charge is 2.30. The van der Waals surface area contributed by atoms with Gasteiger partial charge in [0.05, 0.1) is 10.6 Å². The number of carbonyl (C=O) groups is 1. The molecule has 4 rings (SSSR count). The Morgan fingerprint density at radius 3 is 2.27 bits per heavy atom. The van der Waals surface area contributed by atoms with Crippen LogP contribution in [0.2, 0.25) is 5.02 Å². The van der Waals surface area contributed by atoms with Gasteiger partial charge in [0.1, 0.15) is 6.54 Å². The van der Waals surface area contributed by atoms with Gasteiger partial charge in [0.15, 0.2) is 0 Å². The van der Waals surface area contributed by atoms with Gasteiger partial charge in [-0.3, -0.25) is 9.10 Å². The van der Waals surface area contributed by atoms with Crippen molar-refractivity contribution in [3.8, 4) is 0 Å².